The number of rotatable bonds is 5. The number of nitrogens with zero attached hydrogens (tertiary/aromatic N) is 2. The van der Waals surface area contributed by atoms with Gasteiger partial charge in [0.05, 0.1) is 6.04 Å². The van der Waals surface area contributed by atoms with E-state index in [0.717, 1.165) is 14.7 Å². The molecule has 0 bridgehead atoms. The third kappa shape index (κ3) is 4.26. The molecule has 1 amide bonds. The smallest absolute Gasteiger partial charge is 0.388 e. The van der Waals surface area contributed by atoms with Gasteiger partial charge in [-0.05, 0) is 48.9 Å². The third-order valence-electron chi connectivity index (χ3n) is 3.74. The van der Waals surface area contributed by atoms with Gasteiger partial charge in [-0.1, -0.05) is 28.1 Å². The van der Waals surface area contributed by atoms with Crippen LogP contribution >= 0.6 is 15.9 Å². The van der Waals surface area contributed by atoms with E-state index >= 15 is 0 Å². The Morgan fingerprint density at radius 1 is 1.23 bits per heavy atom. The molecule has 0 aliphatic carbocycles. The van der Waals surface area contributed by atoms with Crippen LogP contribution in [0.2, 0.25) is 0 Å². The van der Waals surface area contributed by atoms with E-state index in [1.165, 1.54) is 24.3 Å². The zero-order valence-corrected chi connectivity index (χ0v) is 15.4. The summed E-state index contributed by atoms with van der Waals surface area (Å²) in [5, 5.41) is 6.79. The summed E-state index contributed by atoms with van der Waals surface area (Å²) in [5.74, 6) is -1.50. The minimum absolute atomic E-state index is 0.0313. The van der Waals surface area contributed by atoms with Crippen LogP contribution in [0.5, 0.6) is 0 Å². The predicted molar refractivity (Wildman–Crippen MR) is 96.9 cm³/mol. The van der Waals surface area contributed by atoms with Gasteiger partial charge in [-0.15, -0.1) is 5.10 Å². The van der Waals surface area contributed by atoms with Crippen molar-refractivity contribution in [1.82, 2.24) is 15.1 Å². The van der Waals surface area contributed by atoms with Gasteiger partial charge in [0, 0.05) is 10.0 Å². The molecule has 0 unspecified atom stereocenters. The second kappa shape index (κ2) is 7.65. The van der Waals surface area contributed by atoms with Crippen molar-refractivity contribution in [3.05, 3.63) is 74.9 Å². The largest absolute Gasteiger partial charge is 0.437 e. The highest BCUT2D eigenvalue weighted by atomic mass is 79.9. The summed E-state index contributed by atoms with van der Waals surface area (Å²) < 4.78 is 19.9. The lowest BCUT2D eigenvalue weighted by Crippen LogP contribution is -2.33. The molecule has 0 aliphatic heterocycles. The maximum Gasteiger partial charge on any atom is 0.437 e. The summed E-state index contributed by atoms with van der Waals surface area (Å²) in [7, 11) is 0. The molecule has 1 atom stereocenters. The Hall–Kier alpha value is -2.74. The lowest BCUT2D eigenvalue weighted by atomic mass is 10.1. The topological polar surface area (TPSA) is 77.1 Å². The average molecular weight is 420 g/mol. The van der Waals surface area contributed by atoms with E-state index in [0.29, 0.717) is 5.56 Å². The highest BCUT2D eigenvalue weighted by Crippen LogP contribution is 2.17. The minimum atomic E-state index is -0.754. The Morgan fingerprint density at radius 3 is 2.54 bits per heavy atom. The van der Waals surface area contributed by atoms with Gasteiger partial charge in [-0.25, -0.2) is 9.18 Å². The molecule has 3 aromatic rings. The first-order valence-electron chi connectivity index (χ1n) is 7.81. The van der Waals surface area contributed by atoms with E-state index < -0.39 is 11.6 Å². The van der Waals surface area contributed by atoms with Gasteiger partial charge < -0.3 is 9.73 Å². The Bertz CT molecular complexity index is 965. The number of hydrogen-bond donors (Lipinski definition) is 1. The van der Waals surface area contributed by atoms with E-state index in [1.807, 2.05) is 31.2 Å². The molecule has 134 valence electrons. The number of carbonyl (C=O) groups excluding carboxylic acids is 1. The molecule has 2 aromatic carbocycles. The summed E-state index contributed by atoms with van der Waals surface area (Å²) in [6.07, 6.45) is 0. The van der Waals surface area contributed by atoms with Crippen LogP contribution in [0.3, 0.4) is 0 Å². The van der Waals surface area contributed by atoms with Crippen molar-refractivity contribution in [2.45, 2.75) is 19.5 Å². The van der Waals surface area contributed by atoms with Gasteiger partial charge in [0.15, 0.2) is 0 Å². The normalized spacial score (nSPS) is 12.0. The molecule has 26 heavy (non-hydrogen) atoms. The van der Waals surface area contributed by atoms with Crippen molar-refractivity contribution in [1.29, 1.82) is 0 Å². The fraction of sp³-hybridized carbons (Fsp3) is 0.167. The van der Waals surface area contributed by atoms with Gasteiger partial charge >= 0.3 is 5.76 Å². The predicted octanol–water partition coefficient (Wildman–Crippen LogP) is 3.28. The molecule has 0 fully saturated rings. The number of nitrogens with one attached hydrogen (secondary N) is 1. The van der Waals surface area contributed by atoms with Crippen LogP contribution in [-0.2, 0) is 11.3 Å². The molecule has 3 rings (SSSR count). The lowest BCUT2D eigenvalue weighted by molar-refractivity contribution is -0.122. The molecular weight excluding hydrogens is 405 g/mol. The van der Waals surface area contributed by atoms with Gasteiger partial charge in [0.25, 0.3) is 0 Å². The molecule has 1 heterocycles. The van der Waals surface area contributed by atoms with Crippen LogP contribution in [0.1, 0.15) is 18.5 Å². The Kier molecular flexibility index (Phi) is 5.32. The van der Waals surface area contributed by atoms with Crippen molar-refractivity contribution in [2.24, 2.45) is 0 Å². The number of aromatic nitrogens is 2. The maximum absolute atomic E-state index is 13.0. The monoisotopic (exact) mass is 419 g/mol. The van der Waals surface area contributed by atoms with Crippen LogP contribution in [0, 0.1) is 5.82 Å². The zero-order valence-electron chi connectivity index (χ0n) is 13.8. The minimum Gasteiger partial charge on any atom is -0.388 e. The average Bonchev–Trinajstić information content (AvgIpc) is 2.96. The number of hydrogen-bond acceptors (Lipinski definition) is 4. The molecule has 0 aliphatic rings. The molecule has 6 nitrogen and oxygen atoms in total. The summed E-state index contributed by atoms with van der Waals surface area (Å²) in [4.78, 5) is 24.1. The van der Waals surface area contributed by atoms with Crippen LogP contribution in [-0.4, -0.2) is 15.7 Å². The van der Waals surface area contributed by atoms with Gasteiger partial charge in [0.1, 0.15) is 12.4 Å². The van der Waals surface area contributed by atoms with Crippen molar-refractivity contribution < 1.29 is 13.6 Å². The molecule has 0 saturated heterocycles. The maximum atomic E-state index is 13.0. The van der Waals surface area contributed by atoms with Crippen molar-refractivity contribution in [3.8, 4) is 11.5 Å². The first kappa shape index (κ1) is 18.1. The lowest BCUT2D eigenvalue weighted by Gasteiger charge is -2.14. The van der Waals surface area contributed by atoms with Crippen LogP contribution < -0.4 is 11.1 Å². The van der Waals surface area contributed by atoms with Gasteiger partial charge in [-0.3, -0.25) is 4.79 Å². The third-order valence-corrected chi connectivity index (χ3v) is 4.27. The van der Waals surface area contributed by atoms with Crippen LogP contribution in [0.15, 0.2) is 62.2 Å². The Balaban J connectivity index is 1.68. The van der Waals surface area contributed by atoms with E-state index in [2.05, 4.69) is 26.3 Å². The first-order valence-corrected chi connectivity index (χ1v) is 8.60. The highest BCUT2D eigenvalue weighted by molar-refractivity contribution is 9.10. The SMILES string of the molecule is C[C@@H](NC(=O)Cn1nc(-c2ccc(F)cc2)oc1=O)c1ccc(Br)cc1. The molecule has 1 N–H and O–H groups in total. The molecule has 8 heteroatoms. The summed E-state index contributed by atoms with van der Waals surface area (Å²) >= 11 is 3.36. The first-order chi connectivity index (χ1) is 12.4. The number of amides is 1. The Morgan fingerprint density at radius 2 is 1.88 bits per heavy atom. The molecule has 0 saturated carbocycles. The molecule has 0 spiro atoms. The Labute approximate surface area is 156 Å². The highest BCUT2D eigenvalue weighted by Gasteiger charge is 2.15. The second-order valence-electron chi connectivity index (χ2n) is 5.68. The molecule has 1 aromatic heterocycles. The van der Waals surface area contributed by atoms with Crippen molar-refractivity contribution in [3.63, 3.8) is 0 Å². The number of benzene rings is 2. The van der Waals surface area contributed by atoms with Gasteiger partial charge in [0.2, 0.25) is 11.8 Å². The number of carbonyl (C=O) groups is 1. The fourth-order valence-corrected chi connectivity index (χ4v) is 2.64. The van der Waals surface area contributed by atoms with Crippen molar-refractivity contribution in [2.75, 3.05) is 0 Å². The summed E-state index contributed by atoms with van der Waals surface area (Å²) in [5.41, 5.74) is 1.38. The fourth-order valence-electron chi connectivity index (χ4n) is 2.37. The van der Waals surface area contributed by atoms with Crippen molar-refractivity contribution >= 4 is 21.8 Å². The summed E-state index contributed by atoms with van der Waals surface area (Å²) in [6, 6.07) is 12.7. The summed E-state index contributed by atoms with van der Waals surface area (Å²) in [6.45, 7) is 1.57. The molecular formula is C18H15BrFN3O3. The molecule has 0 radical (unpaired) electrons. The number of halogens is 2. The van der Waals surface area contributed by atoms with Gasteiger partial charge in [-0.2, -0.15) is 4.68 Å². The second-order valence-corrected chi connectivity index (χ2v) is 6.59. The van der Waals surface area contributed by atoms with E-state index in [1.54, 1.807) is 0 Å². The van der Waals surface area contributed by atoms with E-state index in [-0.39, 0.29) is 24.4 Å². The standard InChI is InChI=1S/C18H15BrFN3O3/c1-11(12-2-6-14(19)7-3-12)21-16(24)10-23-18(25)26-17(22-23)13-4-8-15(20)9-5-13/h2-9,11H,10H2,1H3,(H,21,24)/t11-/m1/s1. The van der Waals surface area contributed by atoms with Crippen LogP contribution in [0.25, 0.3) is 11.5 Å². The quantitative estimate of drug-likeness (QED) is 0.688. The van der Waals surface area contributed by atoms with Crippen LogP contribution in [0.4, 0.5) is 4.39 Å². The van der Waals surface area contributed by atoms with E-state index in [4.69, 9.17) is 4.42 Å². The zero-order chi connectivity index (χ0) is 18.7. The van der Waals surface area contributed by atoms with E-state index in [9.17, 15) is 14.0 Å².